The molecular formula is C30H44N4O4S. The molecule has 1 aromatic heterocycles. The van der Waals surface area contributed by atoms with Gasteiger partial charge in [0, 0.05) is 50.4 Å². The van der Waals surface area contributed by atoms with Crippen LogP contribution >= 0.6 is 11.3 Å². The Hall–Kier alpha value is -2.33. The van der Waals surface area contributed by atoms with Gasteiger partial charge in [0.15, 0.2) is 0 Å². The molecular weight excluding hydrogens is 512 g/mol. The van der Waals surface area contributed by atoms with Gasteiger partial charge in [-0.15, -0.1) is 11.3 Å². The molecule has 2 aliphatic heterocycles. The van der Waals surface area contributed by atoms with Crippen molar-refractivity contribution in [3.8, 4) is 0 Å². The molecule has 0 unspecified atom stereocenters. The summed E-state index contributed by atoms with van der Waals surface area (Å²) in [4.78, 5) is 33.6. The summed E-state index contributed by atoms with van der Waals surface area (Å²) in [6, 6.07) is 8.79. The van der Waals surface area contributed by atoms with E-state index in [0.717, 1.165) is 50.3 Å². The first-order valence-electron chi connectivity index (χ1n) is 14.4. The molecule has 2 saturated heterocycles. The zero-order chi connectivity index (χ0) is 27.7. The van der Waals surface area contributed by atoms with Gasteiger partial charge in [-0.25, -0.2) is 4.98 Å². The number of nitrogens with one attached hydrogen (secondary N) is 1. The minimum Gasteiger partial charge on any atom is -0.381 e. The largest absolute Gasteiger partial charge is 0.381 e. The lowest BCUT2D eigenvalue weighted by molar-refractivity contribution is -0.127. The molecule has 0 bridgehead atoms. The van der Waals surface area contributed by atoms with Crippen molar-refractivity contribution in [2.45, 2.75) is 64.4 Å². The van der Waals surface area contributed by atoms with E-state index >= 15 is 0 Å². The molecule has 3 heterocycles. The van der Waals surface area contributed by atoms with Gasteiger partial charge in [0.05, 0.1) is 37.0 Å². The highest BCUT2D eigenvalue weighted by atomic mass is 32.1. The number of hydrogen-bond acceptors (Lipinski definition) is 7. The molecule has 214 valence electrons. The Balaban J connectivity index is 1.16. The first-order valence-corrected chi connectivity index (χ1v) is 15.3. The number of hydrogen-bond donors (Lipinski definition) is 1. The highest BCUT2D eigenvalue weighted by Gasteiger charge is 2.41. The molecule has 0 saturated carbocycles. The zero-order valence-electron chi connectivity index (χ0n) is 23.7. The van der Waals surface area contributed by atoms with Crippen molar-refractivity contribution in [2.24, 2.45) is 0 Å². The molecule has 0 radical (unpaired) electrons. The summed E-state index contributed by atoms with van der Waals surface area (Å²) in [5.74, 6) is 0.421. The highest BCUT2D eigenvalue weighted by molar-refractivity contribution is 7.09. The van der Waals surface area contributed by atoms with Crippen molar-refractivity contribution in [2.75, 3.05) is 59.1 Å². The SMILES string of the molecule is CCNC(=O)CCOCCc1ccc(CCN2CCC3(CC2)CN(C(=O)c2csc(C(C)C)n2)CCO3)cc1. The van der Waals surface area contributed by atoms with Crippen LogP contribution in [0.5, 0.6) is 0 Å². The van der Waals surface area contributed by atoms with Crippen molar-refractivity contribution in [1.29, 1.82) is 0 Å². The smallest absolute Gasteiger partial charge is 0.273 e. The average Bonchev–Trinajstić information content (AvgIpc) is 3.44. The fraction of sp³-hybridized carbons (Fsp3) is 0.633. The number of likely N-dealkylation sites (tertiary alicyclic amines) is 1. The van der Waals surface area contributed by atoms with E-state index in [2.05, 4.69) is 53.3 Å². The molecule has 9 heteroatoms. The number of nitrogens with zero attached hydrogens (tertiary/aromatic N) is 3. The molecule has 1 spiro atoms. The highest BCUT2D eigenvalue weighted by Crippen LogP contribution is 2.31. The van der Waals surface area contributed by atoms with Gasteiger partial charge in [-0.1, -0.05) is 38.1 Å². The average molecular weight is 557 g/mol. The molecule has 2 aromatic rings. The lowest BCUT2D eigenvalue weighted by Gasteiger charge is -2.47. The molecule has 2 fully saturated rings. The van der Waals surface area contributed by atoms with Gasteiger partial charge in [0.25, 0.3) is 5.91 Å². The molecule has 39 heavy (non-hydrogen) atoms. The van der Waals surface area contributed by atoms with Gasteiger partial charge in [-0.05, 0) is 43.7 Å². The predicted octanol–water partition coefficient (Wildman–Crippen LogP) is 3.90. The lowest BCUT2D eigenvalue weighted by atomic mass is 9.89. The number of morpholine rings is 1. The van der Waals surface area contributed by atoms with E-state index in [0.29, 0.717) is 57.5 Å². The Labute approximate surface area is 237 Å². The van der Waals surface area contributed by atoms with Crippen LogP contribution in [0.15, 0.2) is 29.6 Å². The maximum atomic E-state index is 13.1. The second kappa shape index (κ2) is 14.3. The summed E-state index contributed by atoms with van der Waals surface area (Å²) in [6.07, 6.45) is 4.18. The normalized spacial score (nSPS) is 17.6. The summed E-state index contributed by atoms with van der Waals surface area (Å²) in [6.45, 7) is 12.8. The third-order valence-corrected chi connectivity index (χ3v) is 8.81. The summed E-state index contributed by atoms with van der Waals surface area (Å²) in [5.41, 5.74) is 2.94. The molecule has 8 nitrogen and oxygen atoms in total. The fourth-order valence-corrected chi connectivity index (χ4v) is 6.03. The van der Waals surface area contributed by atoms with E-state index in [1.54, 1.807) is 11.3 Å². The van der Waals surface area contributed by atoms with Crippen molar-refractivity contribution < 1.29 is 19.1 Å². The van der Waals surface area contributed by atoms with Crippen LogP contribution in [0.25, 0.3) is 0 Å². The number of thiazole rings is 1. The van der Waals surface area contributed by atoms with Crippen molar-refractivity contribution in [1.82, 2.24) is 20.1 Å². The standard InChI is InChI=1S/C30H44N4O4S/c1-4-31-27(35)11-19-37-18-10-25-7-5-24(6-8-25)9-14-33-15-12-30(13-16-33)22-34(17-20-38-30)29(36)26-21-39-28(32-26)23(2)3/h5-8,21,23H,4,9-20,22H2,1-3H3,(H,31,35). The van der Waals surface area contributed by atoms with Crippen LogP contribution in [-0.2, 0) is 27.1 Å². The number of rotatable bonds is 12. The topological polar surface area (TPSA) is 84.0 Å². The van der Waals surface area contributed by atoms with E-state index in [4.69, 9.17) is 9.47 Å². The number of aromatic nitrogens is 1. The van der Waals surface area contributed by atoms with Crippen LogP contribution in [0.4, 0.5) is 0 Å². The molecule has 1 aromatic carbocycles. The first-order chi connectivity index (χ1) is 18.9. The Morgan fingerprint density at radius 1 is 1.10 bits per heavy atom. The minimum absolute atomic E-state index is 0.0395. The van der Waals surface area contributed by atoms with Gasteiger partial charge in [0.1, 0.15) is 5.69 Å². The minimum atomic E-state index is -0.231. The van der Waals surface area contributed by atoms with Crippen LogP contribution in [-0.4, -0.2) is 91.3 Å². The zero-order valence-corrected chi connectivity index (χ0v) is 24.6. The van der Waals surface area contributed by atoms with Crippen molar-refractivity contribution in [3.05, 3.63) is 51.5 Å². The number of ether oxygens (including phenoxy) is 2. The second-order valence-electron chi connectivity index (χ2n) is 11.0. The Morgan fingerprint density at radius 2 is 1.82 bits per heavy atom. The van der Waals surface area contributed by atoms with E-state index in [1.807, 2.05) is 17.2 Å². The summed E-state index contributed by atoms with van der Waals surface area (Å²) < 4.78 is 11.9. The predicted molar refractivity (Wildman–Crippen MR) is 154 cm³/mol. The van der Waals surface area contributed by atoms with E-state index in [1.165, 1.54) is 11.1 Å². The maximum Gasteiger partial charge on any atom is 0.273 e. The van der Waals surface area contributed by atoms with Gasteiger partial charge in [-0.2, -0.15) is 0 Å². The van der Waals surface area contributed by atoms with Crippen LogP contribution in [0.3, 0.4) is 0 Å². The van der Waals surface area contributed by atoms with Crippen molar-refractivity contribution in [3.63, 3.8) is 0 Å². The molecule has 2 amide bonds. The number of amides is 2. The fourth-order valence-electron chi connectivity index (χ4n) is 5.22. The van der Waals surface area contributed by atoms with Gasteiger partial charge in [0.2, 0.25) is 5.91 Å². The Bertz CT molecular complexity index is 1060. The number of carbonyl (C=O) groups excluding carboxylic acids is 2. The number of piperidine rings is 1. The third kappa shape index (κ3) is 8.58. The maximum absolute atomic E-state index is 13.1. The van der Waals surface area contributed by atoms with Crippen LogP contribution in [0.1, 0.15) is 72.6 Å². The molecule has 1 N–H and O–H groups in total. The lowest BCUT2D eigenvalue weighted by Crippen LogP contribution is -2.58. The van der Waals surface area contributed by atoms with Crippen LogP contribution < -0.4 is 5.32 Å². The summed E-state index contributed by atoms with van der Waals surface area (Å²) >= 11 is 1.57. The number of benzene rings is 1. The van der Waals surface area contributed by atoms with Crippen LogP contribution in [0.2, 0.25) is 0 Å². The Morgan fingerprint density at radius 3 is 2.49 bits per heavy atom. The molecule has 4 rings (SSSR count). The number of carbonyl (C=O) groups is 2. The first kappa shape index (κ1) is 29.6. The quantitative estimate of drug-likeness (QED) is 0.399. The van der Waals surface area contributed by atoms with Crippen LogP contribution in [0, 0.1) is 0 Å². The monoisotopic (exact) mass is 556 g/mol. The molecule has 0 atom stereocenters. The van der Waals surface area contributed by atoms with Gasteiger partial charge < -0.3 is 24.6 Å². The van der Waals surface area contributed by atoms with E-state index < -0.39 is 0 Å². The summed E-state index contributed by atoms with van der Waals surface area (Å²) in [5, 5.41) is 5.70. The Kier molecular flexibility index (Phi) is 10.9. The molecule has 0 aliphatic carbocycles. The third-order valence-electron chi connectivity index (χ3n) is 7.66. The van der Waals surface area contributed by atoms with Gasteiger partial charge >= 0.3 is 0 Å². The molecule has 2 aliphatic rings. The summed E-state index contributed by atoms with van der Waals surface area (Å²) in [7, 11) is 0. The van der Waals surface area contributed by atoms with E-state index in [-0.39, 0.29) is 17.4 Å². The van der Waals surface area contributed by atoms with Gasteiger partial charge in [-0.3, -0.25) is 9.59 Å². The second-order valence-corrected chi connectivity index (χ2v) is 11.8. The van der Waals surface area contributed by atoms with Crippen molar-refractivity contribution >= 4 is 23.2 Å². The van der Waals surface area contributed by atoms with E-state index in [9.17, 15) is 9.59 Å².